The lowest BCUT2D eigenvalue weighted by Gasteiger charge is -2.12. The van der Waals surface area contributed by atoms with E-state index in [4.69, 9.17) is 4.74 Å². The first-order chi connectivity index (χ1) is 8.31. The largest absolute Gasteiger partial charge is 0.488 e. The van der Waals surface area contributed by atoms with Crippen LogP contribution in [0.5, 0.6) is 5.75 Å². The van der Waals surface area contributed by atoms with Crippen LogP contribution in [0.1, 0.15) is 18.4 Å². The Bertz CT molecular complexity index is 404. The molecular formula is C13H16N2O2. The van der Waals surface area contributed by atoms with E-state index < -0.39 is 0 Å². The van der Waals surface area contributed by atoms with Gasteiger partial charge < -0.3 is 15.4 Å². The van der Waals surface area contributed by atoms with Gasteiger partial charge in [-0.2, -0.15) is 0 Å². The first-order valence-electron chi connectivity index (χ1n) is 6.10. The van der Waals surface area contributed by atoms with Gasteiger partial charge in [-0.05, 0) is 24.5 Å². The Morgan fingerprint density at radius 2 is 2.18 bits per heavy atom. The van der Waals surface area contributed by atoms with Crippen molar-refractivity contribution in [2.75, 3.05) is 6.54 Å². The molecular weight excluding hydrogens is 216 g/mol. The number of benzene rings is 1. The molecule has 2 amide bonds. The smallest absolute Gasteiger partial charge is 0.315 e. The third-order valence-corrected chi connectivity index (χ3v) is 3.12. The molecule has 1 unspecified atom stereocenters. The first-order valence-corrected chi connectivity index (χ1v) is 6.10. The van der Waals surface area contributed by atoms with Crippen molar-refractivity contribution in [2.45, 2.75) is 31.4 Å². The van der Waals surface area contributed by atoms with Crippen molar-refractivity contribution in [3.63, 3.8) is 0 Å². The van der Waals surface area contributed by atoms with E-state index >= 15 is 0 Å². The molecule has 1 fully saturated rings. The summed E-state index contributed by atoms with van der Waals surface area (Å²) in [6, 6.07) is 8.34. The van der Waals surface area contributed by atoms with Crippen LogP contribution in [0.3, 0.4) is 0 Å². The van der Waals surface area contributed by atoms with Gasteiger partial charge in [0.05, 0.1) is 6.54 Å². The van der Waals surface area contributed by atoms with Gasteiger partial charge in [-0.25, -0.2) is 4.79 Å². The summed E-state index contributed by atoms with van der Waals surface area (Å²) < 4.78 is 5.74. The molecule has 1 aliphatic carbocycles. The fourth-order valence-corrected chi connectivity index (χ4v) is 2.04. The van der Waals surface area contributed by atoms with Gasteiger partial charge in [0.1, 0.15) is 11.9 Å². The minimum atomic E-state index is -0.0768. The molecule has 0 saturated heterocycles. The summed E-state index contributed by atoms with van der Waals surface area (Å²) in [5.41, 5.74) is 1.22. The standard InChI is InChI=1S/C13H16N2O2/c16-13(15-10-5-6-10)14-8-11-7-9-3-1-2-4-12(9)17-11/h1-4,10-11H,5-8H2,(H2,14,15,16). The molecule has 1 aromatic carbocycles. The number of nitrogens with one attached hydrogen (secondary N) is 2. The second kappa shape index (κ2) is 4.28. The Morgan fingerprint density at radius 3 is 2.94 bits per heavy atom. The molecule has 2 N–H and O–H groups in total. The highest BCUT2D eigenvalue weighted by molar-refractivity contribution is 5.74. The maximum atomic E-state index is 11.4. The summed E-state index contributed by atoms with van der Waals surface area (Å²) in [6.07, 6.45) is 3.16. The fraction of sp³-hybridized carbons (Fsp3) is 0.462. The molecule has 3 rings (SSSR count). The number of amides is 2. The zero-order valence-electron chi connectivity index (χ0n) is 9.61. The Morgan fingerprint density at radius 1 is 1.35 bits per heavy atom. The molecule has 2 aliphatic rings. The van der Waals surface area contributed by atoms with Gasteiger partial charge in [0.15, 0.2) is 0 Å². The Balaban J connectivity index is 1.47. The highest BCUT2D eigenvalue weighted by Crippen LogP contribution is 2.27. The van der Waals surface area contributed by atoms with Crippen molar-refractivity contribution in [1.29, 1.82) is 0 Å². The van der Waals surface area contributed by atoms with Gasteiger partial charge in [-0.3, -0.25) is 0 Å². The molecule has 17 heavy (non-hydrogen) atoms. The average molecular weight is 232 g/mol. The van der Waals surface area contributed by atoms with Crippen LogP contribution in [0.15, 0.2) is 24.3 Å². The summed E-state index contributed by atoms with van der Waals surface area (Å²) in [5, 5.41) is 5.75. The number of urea groups is 1. The average Bonchev–Trinajstić information content (AvgIpc) is 3.03. The van der Waals surface area contributed by atoms with Crippen LogP contribution in [-0.4, -0.2) is 24.7 Å². The number of ether oxygens (including phenoxy) is 1. The van der Waals surface area contributed by atoms with E-state index in [9.17, 15) is 4.79 Å². The molecule has 1 atom stereocenters. The van der Waals surface area contributed by atoms with E-state index in [-0.39, 0.29) is 12.1 Å². The minimum absolute atomic E-state index is 0.0670. The van der Waals surface area contributed by atoms with Crippen molar-refractivity contribution in [1.82, 2.24) is 10.6 Å². The molecule has 1 saturated carbocycles. The van der Waals surface area contributed by atoms with Crippen molar-refractivity contribution in [2.24, 2.45) is 0 Å². The van der Waals surface area contributed by atoms with E-state index in [0.29, 0.717) is 12.6 Å². The number of rotatable bonds is 3. The van der Waals surface area contributed by atoms with Gasteiger partial charge in [0.2, 0.25) is 0 Å². The second-order valence-corrected chi connectivity index (χ2v) is 4.68. The third kappa shape index (κ3) is 2.52. The molecule has 0 aromatic heterocycles. The number of carbonyl (C=O) groups excluding carboxylic acids is 1. The molecule has 0 bridgehead atoms. The van der Waals surface area contributed by atoms with E-state index in [0.717, 1.165) is 25.0 Å². The van der Waals surface area contributed by atoms with Gasteiger partial charge in [0.25, 0.3) is 0 Å². The van der Waals surface area contributed by atoms with Gasteiger partial charge in [0, 0.05) is 12.5 Å². The zero-order valence-corrected chi connectivity index (χ0v) is 9.61. The Labute approximate surface area is 100 Å². The van der Waals surface area contributed by atoms with E-state index in [1.807, 2.05) is 18.2 Å². The number of fused-ring (bicyclic) bond motifs is 1. The number of para-hydroxylation sites is 1. The predicted octanol–water partition coefficient (Wildman–Crippen LogP) is 1.45. The topological polar surface area (TPSA) is 50.4 Å². The molecule has 4 nitrogen and oxygen atoms in total. The number of carbonyl (C=O) groups is 1. The van der Waals surface area contributed by atoms with Crippen LogP contribution < -0.4 is 15.4 Å². The maximum absolute atomic E-state index is 11.4. The molecule has 1 aromatic rings. The summed E-state index contributed by atoms with van der Waals surface area (Å²) in [7, 11) is 0. The van der Waals surface area contributed by atoms with E-state index in [1.54, 1.807) is 0 Å². The van der Waals surface area contributed by atoms with Crippen molar-refractivity contribution in [3.05, 3.63) is 29.8 Å². The lowest BCUT2D eigenvalue weighted by Crippen LogP contribution is -2.41. The maximum Gasteiger partial charge on any atom is 0.315 e. The van der Waals surface area contributed by atoms with Gasteiger partial charge in [-0.1, -0.05) is 18.2 Å². The molecule has 1 heterocycles. The highest BCUT2D eigenvalue weighted by atomic mass is 16.5. The molecule has 0 spiro atoms. The van der Waals surface area contributed by atoms with Gasteiger partial charge in [-0.15, -0.1) is 0 Å². The van der Waals surface area contributed by atoms with E-state index in [2.05, 4.69) is 16.7 Å². The molecule has 0 radical (unpaired) electrons. The summed E-state index contributed by atoms with van der Waals surface area (Å²) in [6.45, 7) is 0.563. The van der Waals surface area contributed by atoms with Crippen LogP contribution in [-0.2, 0) is 6.42 Å². The summed E-state index contributed by atoms with van der Waals surface area (Å²) in [4.78, 5) is 11.4. The van der Waals surface area contributed by atoms with Crippen LogP contribution >= 0.6 is 0 Å². The van der Waals surface area contributed by atoms with Crippen LogP contribution in [0.4, 0.5) is 4.79 Å². The summed E-state index contributed by atoms with van der Waals surface area (Å²) >= 11 is 0. The highest BCUT2D eigenvalue weighted by Gasteiger charge is 2.25. The normalized spacial score (nSPS) is 21.5. The third-order valence-electron chi connectivity index (χ3n) is 3.12. The van der Waals surface area contributed by atoms with Gasteiger partial charge >= 0.3 is 6.03 Å². The second-order valence-electron chi connectivity index (χ2n) is 4.68. The van der Waals surface area contributed by atoms with Crippen molar-refractivity contribution in [3.8, 4) is 5.75 Å². The first kappa shape index (κ1) is 10.4. The Hall–Kier alpha value is -1.71. The monoisotopic (exact) mass is 232 g/mol. The van der Waals surface area contributed by atoms with Crippen LogP contribution in [0.2, 0.25) is 0 Å². The van der Waals surface area contributed by atoms with Crippen molar-refractivity contribution < 1.29 is 9.53 Å². The quantitative estimate of drug-likeness (QED) is 0.828. The predicted molar refractivity (Wildman–Crippen MR) is 64.1 cm³/mol. The summed E-state index contributed by atoms with van der Waals surface area (Å²) in [5.74, 6) is 0.946. The fourth-order valence-electron chi connectivity index (χ4n) is 2.04. The number of hydrogen-bond acceptors (Lipinski definition) is 2. The van der Waals surface area contributed by atoms with Crippen LogP contribution in [0.25, 0.3) is 0 Å². The minimum Gasteiger partial charge on any atom is -0.488 e. The SMILES string of the molecule is O=C(NCC1Cc2ccccc2O1)NC1CC1. The lowest BCUT2D eigenvalue weighted by molar-refractivity contribution is 0.213. The zero-order chi connectivity index (χ0) is 11.7. The molecule has 90 valence electrons. The van der Waals surface area contributed by atoms with E-state index in [1.165, 1.54) is 5.56 Å². The van der Waals surface area contributed by atoms with Crippen molar-refractivity contribution >= 4 is 6.03 Å². The Kier molecular flexibility index (Phi) is 2.63. The lowest BCUT2D eigenvalue weighted by atomic mass is 10.1. The van der Waals surface area contributed by atoms with Crippen LogP contribution in [0, 0.1) is 0 Å². The molecule has 4 heteroatoms. The number of hydrogen-bond donors (Lipinski definition) is 2. The molecule has 1 aliphatic heterocycles.